The molecule has 0 N–H and O–H groups in total. The maximum atomic E-state index is 13.5. The largest absolute Gasteiger partial charge is 0.436 e. The molecule has 1 heterocycles. The Labute approximate surface area is 101 Å². The maximum absolute atomic E-state index is 13.5. The van der Waals surface area contributed by atoms with Gasteiger partial charge in [0.2, 0.25) is 0 Å². The Morgan fingerprint density at radius 1 is 1.31 bits per heavy atom. The van der Waals surface area contributed by atoms with Crippen molar-refractivity contribution < 1.29 is 9.13 Å². The topological polar surface area (TPSA) is 22.1 Å². The molecule has 0 saturated carbocycles. The fraction of sp³-hybridized carbons (Fsp3) is 0.0833. The SMILES string of the molecule is Cc1ccccc1Oc1ncc(Br)cc1F. The Morgan fingerprint density at radius 3 is 2.75 bits per heavy atom. The molecule has 1 aromatic heterocycles. The average Bonchev–Trinajstić information content (AvgIpc) is 2.25. The lowest BCUT2D eigenvalue weighted by Crippen LogP contribution is -1.93. The number of aryl methyl sites for hydroxylation is 1. The van der Waals surface area contributed by atoms with E-state index in [1.807, 2.05) is 25.1 Å². The minimum atomic E-state index is -0.488. The first-order valence-corrected chi connectivity index (χ1v) is 5.50. The summed E-state index contributed by atoms with van der Waals surface area (Å²) in [5.74, 6) is 0.103. The van der Waals surface area contributed by atoms with Crippen LogP contribution in [0.2, 0.25) is 0 Å². The molecule has 16 heavy (non-hydrogen) atoms. The molecule has 0 spiro atoms. The van der Waals surface area contributed by atoms with Gasteiger partial charge in [0.25, 0.3) is 5.88 Å². The summed E-state index contributed by atoms with van der Waals surface area (Å²) >= 11 is 3.14. The Morgan fingerprint density at radius 2 is 2.06 bits per heavy atom. The van der Waals surface area contributed by atoms with E-state index in [0.29, 0.717) is 10.2 Å². The third kappa shape index (κ3) is 2.39. The van der Waals surface area contributed by atoms with Crippen molar-refractivity contribution in [3.63, 3.8) is 0 Å². The lowest BCUT2D eigenvalue weighted by atomic mass is 10.2. The predicted octanol–water partition coefficient (Wildman–Crippen LogP) is 4.08. The first kappa shape index (κ1) is 11.1. The number of pyridine rings is 1. The zero-order chi connectivity index (χ0) is 11.5. The van der Waals surface area contributed by atoms with Crippen molar-refractivity contribution in [1.82, 2.24) is 4.98 Å². The monoisotopic (exact) mass is 281 g/mol. The number of benzene rings is 1. The molecule has 0 aliphatic rings. The van der Waals surface area contributed by atoms with Gasteiger partial charge >= 0.3 is 0 Å². The molecule has 2 nitrogen and oxygen atoms in total. The van der Waals surface area contributed by atoms with Crippen LogP contribution in [0, 0.1) is 12.7 Å². The minimum Gasteiger partial charge on any atom is -0.436 e. The highest BCUT2D eigenvalue weighted by molar-refractivity contribution is 9.10. The zero-order valence-corrected chi connectivity index (χ0v) is 10.2. The molecule has 0 atom stereocenters. The van der Waals surface area contributed by atoms with Crippen LogP contribution in [0.4, 0.5) is 4.39 Å². The van der Waals surface area contributed by atoms with E-state index in [1.165, 1.54) is 12.3 Å². The molecule has 1 aromatic carbocycles. The highest BCUT2D eigenvalue weighted by atomic mass is 79.9. The predicted molar refractivity (Wildman–Crippen MR) is 63.1 cm³/mol. The first-order chi connectivity index (χ1) is 7.66. The number of halogens is 2. The molecule has 0 saturated heterocycles. The number of nitrogens with zero attached hydrogens (tertiary/aromatic N) is 1. The van der Waals surface area contributed by atoms with Gasteiger partial charge in [-0.25, -0.2) is 9.37 Å². The molecular formula is C12H9BrFNO. The second-order valence-electron chi connectivity index (χ2n) is 3.31. The summed E-state index contributed by atoms with van der Waals surface area (Å²) in [5.41, 5.74) is 0.937. The van der Waals surface area contributed by atoms with Crippen LogP contribution < -0.4 is 4.74 Å². The molecule has 0 bridgehead atoms. The highest BCUT2D eigenvalue weighted by Gasteiger charge is 2.08. The molecule has 4 heteroatoms. The normalized spacial score (nSPS) is 10.2. The third-order valence-electron chi connectivity index (χ3n) is 2.07. The van der Waals surface area contributed by atoms with Crippen LogP contribution in [0.25, 0.3) is 0 Å². The molecule has 2 aromatic rings. The number of ether oxygens (including phenoxy) is 1. The molecule has 0 amide bonds. The van der Waals surface area contributed by atoms with Gasteiger partial charge < -0.3 is 4.74 Å². The minimum absolute atomic E-state index is 0.0162. The Kier molecular flexibility index (Phi) is 3.19. The van der Waals surface area contributed by atoms with Gasteiger partial charge in [0.1, 0.15) is 5.75 Å². The van der Waals surface area contributed by atoms with Gasteiger partial charge in [0.15, 0.2) is 5.82 Å². The number of hydrogen-bond donors (Lipinski definition) is 0. The molecule has 0 radical (unpaired) electrons. The summed E-state index contributed by atoms with van der Waals surface area (Å²) < 4.78 is 19.4. The second kappa shape index (κ2) is 4.61. The van der Waals surface area contributed by atoms with E-state index in [2.05, 4.69) is 20.9 Å². The van der Waals surface area contributed by atoms with Gasteiger partial charge in [-0.05, 0) is 40.5 Å². The summed E-state index contributed by atoms with van der Waals surface area (Å²) in [4.78, 5) is 3.87. The second-order valence-corrected chi connectivity index (χ2v) is 4.22. The van der Waals surface area contributed by atoms with Crippen molar-refractivity contribution in [2.75, 3.05) is 0 Å². The zero-order valence-electron chi connectivity index (χ0n) is 8.58. The number of aromatic nitrogens is 1. The fourth-order valence-corrected chi connectivity index (χ4v) is 1.56. The Balaban J connectivity index is 2.31. The van der Waals surface area contributed by atoms with Gasteiger partial charge in [-0.1, -0.05) is 18.2 Å². The molecule has 0 aliphatic heterocycles. The molecular weight excluding hydrogens is 273 g/mol. The summed E-state index contributed by atoms with van der Waals surface area (Å²) in [5, 5.41) is 0. The van der Waals surface area contributed by atoms with Gasteiger partial charge in [-0.2, -0.15) is 0 Å². The van der Waals surface area contributed by atoms with Gasteiger partial charge in [0, 0.05) is 10.7 Å². The molecule has 82 valence electrons. The summed E-state index contributed by atoms with van der Waals surface area (Å²) in [7, 11) is 0. The van der Waals surface area contributed by atoms with Crippen molar-refractivity contribution in [3.05, 3.63) is 52.4 Å². The summed E-state index contributed by atoms with van der Waals surface area (Å²) in [6, 6.07) is 8.72. The molecule has 0 fully saturated rings. The molecule has 0 unspecified atom stereocenters. The van der Waals surface area contributed by atoms with Crippen molar-refractivity contribution in [2.24, 2.45) is 0 Å². The fourth-order valence-electron chi connectivity index (χ4n) is 1.25. The van der Waals surface area contributed by atoms with E-state index in [4.69, 9.17) is 4.74 Å². The van der Waals surface area contributed by atoms with Crippen LogP contribution in [0.1, 0.15) is 5.56 Å². The quantitative estimate of drug-likeness (QED) is 0.827. The summed E-state index contributed by atoms with van der Waals surface area (Å²) in [6.07, 6.45) is 1.50. The van der Waals surface area contributed by atoms with Crippen molar-refractivity contribution in [3.8, 4) is 11.6 Å². The summed E-state index contributed by atoms with van der Waals surface area (Å²) in [6.45, 7) is 1.89. The van der Waals surface area contributed by atoms with Gasteiger partial charge in [-0.15, -0.1) is 0 Å². The van der Waals surface area contributed by atoms with E-state index in [9.17, 15) is 4.39 Å². The standard InChI is InChI=1S/C12H9BrFNO/c1-8-4-2-3-5-11(8)16-12-10(14)6-9(13)7-15-12/h2-7H,1H3. The molecule has 0 aliphatic carbocycles. The van der Waals surface area contributed by atoms with Crippen LogP contribution in [0.15, 0.2) is 41.0 Å². The van der Waals surface area contributed by atoms with Crippen molar-refractivity contribution in [2.45, 2.75) is 6.92 Å². The smallest absolute Gasteiger partial charge is 0.255 e. The van der Waals surface area contributed by atoms with Gasteiger partial charge in [0.05, 0.1) is 0 Å². The molecule has 2 rings (SSSR count). The number of hydrogen-bond acceptors (Lipinski definition) is 2. The van der Waals surface area contributed by atoms with Crippen LogP contribution >= 0.6 is 15.9 Å². The Hall–Kier alpha value is -1.42. The highest BCUT2D eigenvalue weighted by Crippen LogP contribution is 2.26. The number of para-hydroxylation sites is 1. The van der Waals surface area contributed by atoms with E-state index >= 15 is 0 Å². The van der Waals surface area contributed by atoms with E-state index in [1.54, 1.807) is 6.07 Å². The third-order valence-corrected chi connectivity index (χ3v) is 2.51. The van der Waals surface area contributed by atoms with Crippen LogP contribution in [0.5, 0.6) is 11.6 Å². The Bertz CT molecular complexity index is 516. The first-order valence-electron chi connectivity index (χ1n) is 4.71. The van der Waals surface area contributed by atoms with Crippen LogP contribution in [-0.2, 0) is 0 Å². The van der Waals surface area contributed by atoms with E-state index in [0.717, 1.165) is 5.56 Å². The lowest BCUT2D eigenvalue weighted by molar-refractivity contribution is 0.420. The van der Waals surface area contributed by atoms with Crippen LogP contribution in [0.3, 0.4) is 0 Å². The van der Waals surface area contributed by atoms with Gasteiger partial charge in [-0.3, -0.25) is 0 Å². The van der Waals surface area contributed by atoms with E-state index in [-0.39, 0.29) is 5.88 Å². The van der Waals surface area contributed by atoms with E-state index < -0.39 is 5.82 Å². The maximum Gasteiger partial charge on any atom is 0.255 e. The van der Waals surface area contributed by atoms with Crippen LogP contribution in [-0.4, -0.2) is 4.98 Å². The van der Waals surface area contributed by atoms with Crippen molar-refractivity contribution >= 4 is 15.9 Å². The van der Waals surface area contributed by atoms with Crippen molar-refractivity contribution in [1.29, 1.82) is 0 Å². The number of rotatable bonds is 2. The lowest BCUT2D eigenvalue weighted by Gasteiger charge is -2.07. The average molecular weight is 282 g/mol.